The van der Waals surface area contributed by atoms with Crippen LogP contribution in [0.5, 0.6) is 23.0 Å². The number of halogens is 8. The highest BCUT2D eigenvalue weighted by atomic mass is 31.2. The first-order valence-corrected chi connectivity index (χ1v) is 41.8. The average Bonchev–Trinajstić information content (AvgIpc) is 1.55. The molecule has 3 aromatic heterocycles. The van der Waals surface area contributed by atoms with Gasteiger partial charge in [-0.15, -0.1) is 0 Å². The van der Waals surface area contributed by atoms with Crippen LogP contribution in [-0.4, -0.2) is 212 Å². The summed E-state index contributed by atoms with van der Waals surface area (Å²) in [6, 6.07) is 12.5. The molecule has 47 nitrogen and oxygen atoms in total. The molecule has 59 heteroatoms. The molecule has 16 N–H and O–H groups in total. The van der Waals surface area contributed by atoms with E-state index in [9.17, 15) is 131 Å². The third kappa shape index (κ3) is 20.0. The van der Waals surface area contributed by atoms with E-state index >= 15 is 17.6 Å². The van der Waals surface area contributed by atoms with Gasteiger partial charge in [0.05, 0.1) is 83.3 Å². The summed E-state index contributed by atoms with van der Waals surface area (Å²) in [5.74, 6) is -18.8. The fourth-order valence-corrected chi connectivity index (χ4v) is 16.9. The minimum atomic E-state index is -4.94. The van der Waals surface area contributed by atoms with E-state index in [1.54, 1.807) is 9.97 Å². The van der Waals surface area contributed by atoms with E-state index in [1.807, 2.05) is 4.98 Å². The normalized spacial score (nSPS) is 34.6. The molecule has 128 heavy (non-hydrogen) atoms. The van der Waals surface area contributed by atoms with Crippen LogP contribution in [0.15, 0.2) is 144 Å². The zero-order valence-electron chi connectivity index (χ0n) is 69.8. The fourth-order valence-electron chi connectivity index (χ4n) is 12.2. The molecule has 12 heterocycles. The molecule has 0 saturated carbocycles. The Bertz CT molecular complexity index is 6420. The number of fused-ring (bicyclic) bond motifs is 4. The third-order valence-corrected chi connectivity index (χ3v) is 23.9. The van der Waals surface area contributed by atoms with Crippen molar-refractivity contribution < 1.29 is 201 Å². The Morgan fingerprint density at radius 1 is 0.438 bits per heavy atom. The van der Waals surface area contributed by atoms with Crippen LogP contribution in [0.3, 0.4) is 0 Å². The topological polar surface area (TPSA) is 656 Å². The number of H-pyrrole nitrogens is 3. The van der Waals surface area contributed by atoms with Gasteiger partial charge in [0.25, 0.3) is 46.0 Å². The summed E-state index contributed by atoms with van der Waals surface area (Å²) in [4.78, 5) is 88.9. The van der Waals surface area contributed by atoms with Crippen molar-refractivity contribution in [2.75, 3.05) is 32.9 Å². The Morgan fingerprint density at radius 3 is 1.12 bits per heavy atom. The number of rotatable bonds is 20. The molecule has 7 aromatic rings. The summed E-state index contributed by atoms with van der Waals surface area (Å²) in [6.45, 7) is -12.1. The molecule has 696 valence electrons. The molecule has 0 bridgehead atoms. The van der Waals surface area contributed by atoms with E-state index in [-0.39, 0.29) is 73.1 Å². The lowest BCUT2D eigenvalue weighted by Gasteiger charge is -2.34. The zero-order valence-corrected chi connectivity index (χ0v) is 67.4. The van der Waals surface area contributed by atoms with Crippen LogP contribution in [0.4, 0.5) is 35.1 Å². The summed E-state index contributed by atoms with van der Waals surface area (Å²) in [6.07, 6.45) is -26.5. The maximum Gasteiger partial charge on any atom is 0.530 e. The first-order valence-electron chi connectivity index (χ1n) is 39.0. The molecule has 20 atom stereocenters. The summed E-state index contributed by atoms with van der Waals surface area (Å²) < 4.78 is 294. The lowest BCUT2D eigenvalue weighted by Crippen LogP contribution is -2.48. The smallest absolute Gasteiger partial charge is 0.404 e. The highest BCUT2D eigenvalue weighted by molar-refractivity contribution is 7.49. The van der Waals surface area contributed by atoms with Crippen LogP contribution in [0.1, 0.15) is 65.8 Å². The van der Waals surface area contributed by atoms with Gasteiger partial charge < -0.3 is 109 Å². The largest absolute Gasteiger partial charge is 0.530 e. The molecular weight excluding hydrogens is 1840 g/mol. The van der Waals surface area contributed by atoms with Crippen LogP contribution in [0.25, 0.3) is 0 Å². The third-order valence-electron chi connectivity index (χ3n) is 18.9. The first-order chi connectivity index (χ1) is 62.4. The monoisotopic (exact) mass is 1920 g/mol. The van der Waals surface area contributed by atoms with Gasteiger partial charge in [-0.25, -0.2) is 67.8 Å². The molecular formula is C69H70F8N8O39P4. The molecule has 1 amide bonds. The Labute approximate surface area is 714 Å². The van der Waals surface area contributed by atoms with Gasteiger partial charge in [0.15, 0.2) is 24.9 Å². The van der Waals surface area contributed by atoms with Crippen LogP contribution < -0.4 is 57.2 Å². The van der Waals surface area contributed by atoms with Crippen molar-refractivity contribution in [1.29, 1.82) is 0 Å². The Balaban J connectivity index is 0.000000152. The lowest BCUT2D eigenvalue weighted by atomic mass is 10.1. The number of aliphatic hydroxyl groups excluding tert-OH is 12. The Hall–Kier alpha value is -9.73. The number of aliphatic hydroxyl groups is 12. The number of phosphoric ester groups is 4. The number of aromatic amines is 3. The maximum atomic E-state index is 15.9. The average molecular weight is 1920 g/mol. The standard InChI is InChI=1S/C18H19F2N2O9P.3C17H17F2N2O10P/c1-9-21-16(26)11(6-23)5-22(9)17-14(24)15(25)18(20,30-17)8-29-32(27)28-7-10-4-12(19)2-3-13(10)31-32;3*18-10-1-2-11-8(3-10)6-28-32(27,31-11)29-7-17(19)13(24)12(23)15(30-17)21-4-9(5-22)14(25)20-16(21)26/h2-5,14-15,17,23-25H,1,6-8H2,(H,21,26);3*1-4,12-13,15,22-24H,5-7H2,(H,20,25,26)/t14-,15+,17-,18-,32?;3*12-,13+,15-,17-,32?/m1111/s1/i8D2,17D;15D;7D2;. The van der Waals surface area contributed by atoms with E-state index in [0.29, 0.717) is 20.2 Å². The molecule has 4 aromatic carbocycles. The van der Waals surface area contributed by atoms with Gasteiger partial charge in [-0.05, 0) is 72.8 Å². The molecule has 0 spiro atoms. The molecule has 4 fully saturated rings. The van der Waals surface area contributed by atoms with Crippen LogP contribution in [0, 0.1) is 23.3 Å². The highest BCUT2D eigenvalue weighted by Gasteiger charge is 2.63. The maximum absolute atomic E-state index is 15.9. The predicted molar refractivity (Wildman–Crippen MR) is 396 cm³/mol. The number of carbonyl (C=O) groups excluding carboxylic acids is 1. The van der Waals surface area contributed by atoms with Crippen LogP contribution in [-0.2, 0) is 124 Å². The van der Waals surface area contributed by atoms with Gasteiger partial charge in [0.1, 0.15) is 127 Å². The van der Waals surface area contributed by atoms with Crippen molar-refractivity contribution in [3.8, 4) is 23.0 Å². The van der Waals surface area contributed by atoms with Gasteiger partial charge in [-0.3, -0.25) is 84.0 Å². The molecule has 4 saturated heterocycles. The Morgan fingerprint density at radius 2 is 0.742 bits per heavy atom. The second-order valence-corrected chi connectivity index (χ2v) is 33.8. The minimum Gasteiger partial charge on any atom is -0.404 e. The van der Waals surface area contributed by atoms with E-state index < -0.39 is 275 Å². The number of amides is 1. The molecule has 9 aliphatic heterocycles. The number of carbonyl (C=O) groups is 1. The van der Waals surface area contributed by atoms with Crippen molar-refractivity contribution in [3.05, 3.63) is 240 Å². The minimum absolute atomic E-state index is 0.0176. The molecule has 4 unspecified atom stereocenters. The molecule has 16 rings (SSSR count). The molecule has 9 aliphatic rings. The summed E-state index contributed by atoms with van der Waals surface area (Å²) in [7, 11) is -18.7. The summed E-state index contributed by atoms with van der Waals surface area (Å²) in [5.41, 5.74) is -7.31. The first kappa shape index (κ1) is 87.6. The van der Waals surface area contributed by atoms with Crippen LogP contribution >= 0.6 is 31.3 Å². The van der Waals surface area contributed by atoms with Gasteiger partial charge in [-0.2, -0.15) is 0 Å². The molecule has 0 radical (unpaired) electrons. The number of benzene rings is 4. The van der Waals surface area contributed by atoms with Gasteiger partial charge in [0.2, 0.25) is 0 Å². The zero-order chi connectivity index (χ0) is 98.5. The van der Waals surface area contributed by atoms with E-state index in [1.165, 1.54) is 6.07 Å². The number of hydrogen-bond acceptors (Lipinski definition) is 40. The number of nitrogens with zero attached hydrogens (tertiary/aromatic N) is 4. The second-order valence-electron chi connectivity index (χ2n) is 27.6. The van der Waals surface area contributed by atoms with Crippen molar-refractivity contribution in [2.24, 2.45) is 0 Å². The molecule has 0 aliphatic carbocycles. The van der Waals surface area contributed by atoms with Crippen molar-refractivity contribution >= 4 is 37.2 Å². The predicted octanol–water partition coefficient (Wildman–Crippen LogP) is -0.163. The van der Waals surface area contributed by atoms with Crippen LogP contribution in [0.2, 0.25) is 0 Å². The highest BCUT2D eigenvalue weighted by Crippen LogP contribution is 2.60. The van der Waals surface area contributed by atoms with Gasteiger partial charge in [0, 0.05) is 47.0 Å². The van der Waals surface area contributed by atoms with Crippen molar-refractivity contribution in [1.82, 2.24) is 38.9 Å². The number of ether oxygens (including phenoxy) is 4. The SMILES string of the molecule is O=c1[nH]c(=O)n([C@@H]2O[C@](F)(COP3(=O)OCc4cc(F)ccc4O3)[C@@H](O)[C@H]2O)cc1CO.[2H]C([2H])(OP1(=O)OCc2cc(F)ccc2O1)[C@@]1(F)O[C@@H](n2cc(CO)c(=O)[nH]c2=O)[C@H](O)[C@@H]1O.[2H]C([2H])(OP1(=O)OCc2cc(F)ccc2O1)[C@@]1(F)O[C@@]([2H])(N2C=C(CO)C(=O)NC2=C)[C@H](O)[C@@H]1O.[2H][C@@]1(n2cc(CO)c(=O)[nH]c2=O)O[C@](F)(COP2(=O)OCc3cc(F)ccc3O2)[C@@H](O)[C@H]1O. The second kappa shape index (κ2) is 37.3. The number of hydrogen-bond donors (Lipinski definition) is 16. The number of alkyl halides is 4. The fraction of sp³-hybridized carbons (Fsp3) is 0.406. The number of phosphoric acid groups is 4. The van der Waals surface area contributed by atoms with E-state index in [0.717, 1.165) is 85.3 Å². The van der Waals surface area contributed by atoms with Gasteiger partial charge in [-0.1, -0.05) is 6.58 Å². The lowest BCUT2D eigenvalue weighted by molar-refractivity contribution is -0.208. The summed E-state index contributed by atoms with van der Waals surface area (Å²) >= 11 is 0. The van der Waals surface area contributed by atoms with E-state index in [2.05, 4.69) is 20.9 Å². The Kier molecular flexibility index (Phi) is 25.5. The number of nitrogens with one attached hydrogen (secondary N) is 4. The van der Waals surface area contributed by atoms with Crippen molar-refractivity contribution in [2.45, 2.75) is 143 Å². The summed E-state index contributed by atoms with van der Waals surface area (Å²) in [5, 5.41) is 121. The van der Waals surface area contributed by atoms with Crippen molar-refractivity contribution in [3.63, 3.8) is 0 Å². The van der Waals surface area contributed by atoms with E-state index in [4.69, 9.17) is 72.4 Å². The number of aromatic nitrogens is 6. The van der Waals surface area contributed by atoms with Gasteiger partial charge >= 0.3 is 48.4 Å². The quantitative estimate of drug-likeness (QED) is 0.0348.